The Morgan fingerprint density at radius 3 is 2.84 bits per heavy atom. The molecule has 158 valence electrons. The molecular formula is C22H22N6O3. The van der Waals surface area contributed by atoms with Crippen LogP contribution in [0.5, 0.6) is 0 Å². The lowest BCUT2D eigenvalue weighted by Gasteiger charge is -2.30. The van der Waals surface area contributed by atoms with E-state index < -0.39 is 0 Å². The molecule has 9 nitrogen and oxygen atoms in total. The molecule has 0 aliphatic carbocycles. The van der Waals surface area contributed by atoms with Crippen molar-refractivity contribution in [2.75, 3.05) is 13.1 Å². The van der Waals surface area contributed by atoms with E-state index in [-0.39, 0.29) is 24.0 Å². The molecule has 31 heavy (non-hydrogen) atoms. The highest BCUT2D eigenvalue weighted by Crippen LogP contribution is 2.24. The van der Waals surface area contributed by atoms with Crippen LogP contribution >= 0.6 is 0 Å². The second kappa shape index (κ2) is 7.82. The normalized spacial score (nSPS) is 16.7. The van der Waals surface area contributed by atoms with E-state index in [4.69, 9.17) is 4.52 Å². The number of nitrogens with zero attached hydrogens (tertiary/aromatic N) is 6. The van der Waals surface area contributed by atoms with Crippen molar-refractivity contribution in [3.63, 3.8) is 0 Å². The van der Waals surface area contributed by atoms with Crippen LogP contribution in [0.25, 0.3) is 28.5 Å². The maximum absolute atomic E-state index is 12.8. The number of fused-ring (bicyclic) bond motifs is 1. The van der Waals surface area contributed by atoms with Gasteiger partial charge in [0.25, 0.3) is 5.89 Å². The second-order valence-electron chi connectivity index (χ2n) is 7.93. The quantitative estimate of drug-likeness (QED) is 0.505. The van der Waals surface area contributed by atoms with Crippen molar-refractivity contribution in [2.45, 2.75) is 26.3 Å². The molecule has 0 bridgehead atoms. The molecule has 4 heterocycles. The number of pyridine rings is 1. The molecular weight excluding hydrogens is 396 g/mol. The Labute approximate surface area is 177 Å². The predicted molar refractivity (Wildman–Crippen MR) is 113 cm³/mol. The Morgan fingerprint density at radius 1 is 1.19 bits per heavy atom. The molecule has 1 amide bonds. The summed E-state index contributed by atoms with van der Waals surface area (Å²) >= 11 is 0. The van der Waals surface area contributed by atoms with Crippen LogP contribution in [-0.2, 0) is 11.3 Å². The van der Waals surface area contributed by atoms with Gasteiger partial charge < -0.3 is 9.42 Å². The number of piperidine rings is 1. The summed E-state index contributed by atoms with van der Waals surface area (Å²) in [6.45, 7) is 3.49. The number of carbonyl (C=O) groups excluding carboxylic acids is 1. The fraction of sp³-hybridized carbons (Fsp3) is 0.318. The number of rotatable bonds is 4. The van der Waals surface area contributed by atoms with Gasteiger partial charge in [0.1, 0.15) is 6.54 Å². The fourth-order valence-corrected chi connectivity index (χ4v) is 3.99. The number of hydrogen-bond donors (Lipinski definition) is 0. The van der Waals surface area contributed by atoms with Crippen molar-refractivity contribution in [1.29, 1.82) is 0 Å². The lowest BCUT2D eigenvalue weighted by molar-refractivity contribution is -0.133. The van der Waals surface area contributed by atoms with Crippen molar-refractivity contribution in [1.82, 2.24) is 29.2 Å². The molecule has 0 saturated carbocycles. The van der Waals surface area contributed by atoms with Crippen molar-refractivity contribution >= 4 is 11.6 Å². The van der Waals surface area contributed by atoms with Gasteiger partial charge in [0, 0.05) is 24.8 Å². The first kappa shape index (κ1) is 19.2. The van der Waals surface area contributed by atoms with Crippen LogP contribution in [0.3, 0.4) is 0 Å². The highest BCUT2D eigenvalue weighted by molar-refractivity contribution is 5.76. The highest BCUT2D eigenvalue weighted by atomic mass is 16.5. The van der Waals surface area contributed by atoms with Crippen molar-refractivity contribution < 1.29 is 9.32 Å². The third kappa shape index (κ3) is 3.63. The van der Waals surface area contributed by atoms with Gasteiger partial charge in [-0.3, -0.25) is 4.79 Å². The summed E-state index contributed by atoms with van der Waals surface area (Å²) in [6.07, 6.45) is 3.72. The van der Waals surface area contributed by atoms with Gasteiger partial charge in [0.2, 0.25) is 11.7 Å². The second-order valence-corrected chi connectivity index (χ2v) is 7.93. The monoisotopic (exact) mass is 418 g/mol. The fourth-order valence-electron chi connectivity index (χ4n) is 3.99. The van der Waals surface area contributed by atoms with Gasteiger partial charge in [-0.15, -0.1) is 5.10 Å². The number of carbonyl (C=O) groups is 1. The third-order valence-electron chi connectivity index (χ3n) is 5.59. The molecule has 1 atom stereocenters. The van der Waals surface area contributed by atoms with Gasteiger partial charge in [-0.25, -0.2) is 13.9 Å². The van der Waals surface area contributed by atoms with Gasteiger partial charge in [-0.05, 0) is 30.9 Å². The van der Waals surface area contributed by atoms with Crippen molar-refractivity contribution in [3.8, 4) is 22.8 Å². The topological polar surface area (TPSA) is 98.5 Å². The molecule has 1 aromatic carbocycles. The number of aromatic nitrogens is 5. The summed E-state index contributed by atoms with van der Waals surface area (Å²) < 4.78 is 8.05. The summed E-state index contributed by atoms with van der Waals surface area (Å²) in [5, 5.41) is 8.46. The van der Waals surface area contributed by atoms with E-state index in [0.717, 1.165) is 31.5 Å². The SMILES string of the molecule is C[C@H]1CCCN(C(=O)Cn2nc3c(-c4nc(-c5ccccc5)no4)cccn3c2=O)C1. The minimum atomic E-state index is -0.377. The number of likely N-dealkylation sites (tertiary alicyclic amines) is 1. The first-order valence-electron chi connectivity index (χ1n) is 10.4. The van der Waals surface area contributed by atoms with Crippen LogP contribution in [0.15, 0.2) is 58.0 Å². The molecule has 1 saturated heterocycles. The molecule has 3 aromatic heterocycles. The number of benzene rings is 1. The molecule has 5 rings (SSSR count). The maximum atomic E-state index is 12.8. The van der Waals surface area contributed by atoms with E-state index in [9.17, 15) is 9.59 Å². The molecule has 0 unspecified atom stereocenters. The van der Waals surface area contributed by atoms with E-state index in [1.807, 2.05) is 35.2 Å². The van der Waals surface area contributed by atoms with Crippen LogP contribution < -0.4 is 5.69 Å². The van der Waals surface area contributed by atoms with Gasteiger partial charge in [-0.1, -0.05) is 42.4 Å². The van der Waals surface area contributed by atoms with E-state index in [1.54, 1.807) is 18.3 Å². The molecule has 9 heteroatoms. The standard InChI is InChI=1S/C22H22N6O3/c1-15-7-5-11-26(13-15)18(29)14-28-22(30)27-12-6-10-17(20(27)24-28)21-23-19(25-31-21)16-8-3-2-4-9-16/h2-4,6,8-10,12,15H,5,7,11,13-14H2,1H3/t15-/m0/s1. The van der Waals surface area contributed by atoms with E-state index in [1.165, 1.54) is 9.08 Å². The summed E-state index contributed by atoms with van der Waals surface area (Å²) in [4.78, 5) is 31.9. The van der Waals surface area contributed by atoms with Gasteiger partial charge in [-0.2, -0.15) is 4.98 Å². The minimum Gasteiger partial charge on any atom is -0.341 e. The zero-order chi connectivity index (χ0) is 21.4. The molecule has 0 N–H and O–H groups in total. The summed E-state index contributed by atoms with van der Waals surface area (Å²) in [6, 6.07) is 13.0. The molecule has 4 aromatic rings. The van der Waals surface area contributed by atoms with E-state index in [0.29, 0.717) is 23.0 Å². The Morgan fingerprint density at radius 2 is 2.03 bits per heavy atom. The van der Waals surface area contributed by atoms with Gasteiger partial charge in [0.15, 0.2) is 5.65 Å². The Hall–Kier alpha value is -3.75. The Balaban J connectivity index is 1.47. The summed E-state index contributed by atoms with van der Waals surface area (Å²) in [5.41, 5.74) is 1.36. The van der Waals surface area contributed by atoms with Gasteiger partial charge in [0.05, 0.1) is 5.56 Å². The molecule has 1 aliphatic heterocycles. The van der Waals surface area contributed by atoms with Crippen molar-refractivity contribution in [2.24, 2.45) is 5.92 Å². The smallest absolute Gasteiger partial charge is 0.341 e. The minimum absolute atomic E-state index is 0.0915. The van der Waals surface area contributed by atoms with Crippen LogP contribution in [0.2, 0.25) is 0 Å². The summed E-state index contributed by atoms with van der Waals surface area (Å²) in [7, 11) is 0. The first-order chi connectivity index (χ1) is 15.1. The van der Waals surface area contributed by atoms with E-state index in [2.05, 4.69) is 22.2 Å². The molecule has 0 spiro atoms. The first-order valence-corrected chi connectivity index (χ1v) is 10.4. The highest BCUT2D eigenvalue weighted by Gasteiger charge is 2.23. The molecule has 1 fully saturated rings. The van der Waals surface area contributed by atoms with Crippen molar-refractivity contribution in [3.05, 3.63) is 59.1 Å². The maximum Gasteiger partial charge on any atom is 0.350 e. The zero-order valence-corrected chi connectivity index (χ0v) is 17.1. The molecule has 0 radical (unpaired) electrons. The zero-order valence-electron chi connectivity index (χ0n) is 17.1. The number of amides is 1. The van der Waals surface area contributed by atoms with Crippen LogP contribution in [0, 0.1) is 5.92 Å². The lowest BCUT2D eigenvalue weighted by Crippen LogP contribution is -2.42. The Bertz CT molecular complexity index is 1290. The third-order valence-corrected chi connectivity index (χ3v) is 5.59. The van der Waals surface area contributed by atoms with Crippen LogP contribution in [0.1, 0.15) is 19.8 Å². The predicted octanol–water partition coefficient (Wildman–Crippen LogP) is 2.47. The number of hydrogen-bond acceptors (Lipinski definition) is 6. The van der Waals surface area contributed by atoms with Gasteiger partial charge >= 0.3 is 5.69 Å². The largest absolute Gasteiger partial charge is 0.350 e. The summed E-state index contributed by atoms with van der Waals surface area (Å²) in [5.74, 6) is 1.09. The lowest BCUT2D eigenvalue weighted by atomic mass is 10.0. The van der Waals surface area contributed by atoms with Crippen LogP contribution in [-0.4, -0.2) is 48.2 Å². The molecule has 1 aliphatic rings. The van der Waals surface area contributed by atoms with E-state index >= 15 is 0 Å². The van der Waals surface area contributed by atoms with Crippen LogP contribution in [0.4, 0.5) is 0 Å². The average Bonchev–Trinajstić information content (AvgIpc) is 3.40. The Kier molecular flexibility index (Phi) is 4.85. The average molecular weight is 418 g/mol.